The van der Waals surface area contributed by atoms with Crippen molar-refractivity contribution in [3.63, 3.8) is 0 Å². The van der Waals surface area contributed by atoms with Gasteiger partial charge in [-0.1, -0.05) is 39.8 Å². The topological polar surface area (TPSA) is 57.6 Å². The number of hydrogen-bond acceptors (Lipinski definition) is 4. The highest BCUT2D eigenvalue weighted by Crippen LogP contribution is 2.24. The van der Waals surface area contributed by atoms with Gasteiger partial charge in [-0.15, -0.1) is 0 Å². The third kappa shape index (κ3) is 4.78. The van der Waals surface area contributed by atoms with E-state index in [1.165, 1.54) is 0 Å². The van der Waals surface area contributed by atoms with Gasteiger partial charge in [-0.2, -0.15) is 0 Å². The molecule has 0 bridgehead atoms. The van der Waals surface area contributed by atoms with Crippen LogP contribution in [0.2, 0.25) is 0 Å². The van der Waals surface area contributed by atoms with E-state index in [9.17, 15) is 13.5 Å². The number of β-amino-alcohol motifs (C(OH)–C–C–N with tert-alkyl or cyclic N) is 1. The van der Waals surface area contributed by atoms with Crippen LogP contribution in [-0.2, 0) is 15.3 Å². The van der Waals surface area contributed by atoms with Crippen LogP contribution in [0.4, 0.5) is 0 Å². The van der Waals surface area contributed by atoms with Crippen LogP contribution >= 0.6 is 0 Å². The highest BCUT2D eigenvalue weighted by atomic mass is 32.2. The highest BCUT2D eigenvalue weighted by Gasteiger charge is 2.25. The van der Waals surface area contributed by atoms with Crippen molar-refractivity contribution >= 4 is 9.84 Å². The summed E-state index contributed by atoms with van der Waals surface area (Å²) in [5.41, 5.74) is 1.15. The van der Waals surface area contributed by atoms with Gasteiger partial charge in [-0.3, -0.25) is 4.90 Å². The van der Waals surface area contributed by atoms with E-state index >= 15 is 0 Å². The summed E-state index contributed by atoms with van der Waals surface area (Å²) in [6, 6.07) is 7.23. The summed E-state index contributed by atoms with van der Waals surface area (Å²) in [7, 11) is -3.28. The molecule has 2 atom stereocenters. The predicted molar refractivity (Wildman–Crippen MR) is 93.4 cm³/mol. The average Bonchev–Trinajstić information content (AvgIpc) is 2.48. The van der Waals surface area contributed by atoms with E-state index in [1.807, 2.05) is 24.0 Å². The first-order valence-electron chi connectivity index (χ1n) is 8.33. The number of aliphatic hydroxyl groups excluding tert-OH is 1. The van der Waals surface area contributed by atoms with Crippen LogP contribution in [0.15, 0.2) is 29.2 Å². The number of hydrogen-bond donors (Lipinski definition) is 1. The first-order chi connectivity index (χ1) is 10.6. The van der Waals surface area contributed by atoms with Gasteiger partial charge >= 0.3 is 0 Å². The second kappa shape index (κ2) is 6.91. The fourth-order valence-corrected chi connectivity index (χ4v) is 4.13. The van der Waals surface area contributed by atoms with Crippen molar-refractivity contribution in [2.45, 2.75) is 50.5 Å². The van der Waals surface area contributed by atoms with Crippen LogP contribution in [0.25, 0.3) is 0 Å². The molecule has 1 fully saturated rings. The van der Waals surface area contributed by atoms with Crippen LogP contribution in [0.5, 0.6) is 0 Å². The number of nitrogens with zero attached hydrogens (tertiary/aromatic N) is 1. The van der Waals surface area contributed by atoms with Crippen molar-refractivity contribution < 1.29 is 13.5 Å². The fourth-order valence-electron chi connectivity index (χ4n) is 2.85. The van der Waals surface area contributed by atoms with Crippen molar-refractivity contribution in [1.82, 2.24) is 4.90 Å². The number of likely N-dealkylation sites (tertiary alicyclic amines) is 1. The summed E-state index contributed by atoms with van der Waals surface area (Å²) in [6.45, 7) is 10.3. The van der Waals surface area contributed by atoms with E-state index < -0.39 is 9.84 Å². The van der Waals surface area contributed by atoms with Crippen molar-refractivity contribution in [2.75, 3.05) is 25.4 Å². The van der Waals surface area contributed by atoms with Crippen molar-refractivity contribution in [3.05, 3.63) is 29.8 Å². The molecule has 2 unspecified atom stereocenters. The molecule has 1 aromatic rings. The Morgan fingerprint density at radius 1 is 1.22 bits per heavy atom. The molecule has 0 amide bonds. The molecule has 0 spiro atoms. The third-order valence-electron chi connectivity index (χ3n) is 4.76. The zero-order valence-electron chi connectivity index (χ0n) is 14.6. The van der Waals surface area contributed by atoms with Crippen LogP contribution < -0.4 is 0 Å². The smallest absolute Gasteiger partial charge is 0.179 e. The third-order valence-corrected chi connectivity index (χ3v) is 6.47. The first-order valence-corrected chi connectivity index (χ1v) is 9.98. The summed E-state index contributed by atoms with van der Waals surface area (Å²) < 4.78 is 25.0. The normalized spacial score (nSPS) is 23.9. The standard InChI is InChI=1S/C18H29NO3S/c1-14-9-10-19(13-17(14)20)11-12-23(21,22)16-7-5-15(6-8-16)18(2,3)4/h5-8,14,17,20H,9-13H2,1-4H3. The Hall–Kier alpha value is -0.910. The van der Waals surface area contributed by atoms with Crippen molar-refractivity contribution in [2.24, 2.45) is 5.92 Å². The lowest BCUT2D eigenvalue weighted by Crippen LogP contribution is -2.44. The zero-order chi connectivity index (χ0) is 17.3. The molecular weight excluding hydrogens is 310 g/mol. The van der Waals surface area contributed by atoms with Gasteiger partial charge in [0.05, 0.1) is 16.8 Å². The molecule has 23 heavy (non-hydrogen) atoms. The second-order valence-corrected chi connectivity index (χ2v) is 9.84. The average molecular weight is 340 g/mol. The summed E-state index contributed by atoms with van der Waals surface area (Å²) >= 11 is 0. The van der Waals surface area contributed by atoms with E-state index in [0.29, 0.717) is 23.9 Å². The van der Waals surface area contributed by atoms with E-state index in [0.717, 1.165) is 18.5 Å². The Morgan fingerprint density at radius 3 is 2.35 bits per heavy atom. The van der Waals surface area contributed by atoms with Gasteiger partial charge in [0.25, 0.3) is 0 Å². The predicted octanol–water partition coefficient (Wildman–Crippen LogP) is 2.46. The van der Waals surface area contributed by atoms with Gasteiger partial charge in [-0.05, 0) is 42.0 Å². The fraction of sp³-hybridized carbons (Fsp3) is 0.667. The number of sulfone groups is 1. The lowest BCUT2D eigenvalue weighted by molar-refractivity contribution is 0.0319. The number of piperidine rings is 1. The lowest BCUT2D eigenvalue weighted by Gasteiger charge is -2.34. The van der Waals surface area contributed by atoms with E-state index in [-0.39, 0.29) is 17.3 Å². The Kier molecular flexibility index (Phi) is 5.54. The number of aliphatic hydroxyl groups is 1. The first kappa shape index (κ1) is 18.4. The molecule has 0 radical (unpaired) electrons. The van der Waals surface area contributed by atoms with E-state index in [2.05, 4.69) is 20.8 Å². The molecule has 0 saturated carbocycles. The molecule has 4 nitrogen and oxygen atoms in total. The second-order valence-electron chi connectivity index (χ2n) is 7.73. The van der Waals surface area contributed by atoms with Crippen LogP contribution in [-0.4, -0.2) is 49.9 Å². The van der Waals surface area contributed by atoms with Gasteiger partial charge in [-0.25, -0.2) is 8.42 Å². The minimum absolute atomic E-state index is 0.0168. The van der Waals surface area contributed by atoms with Crippen LogP contribution in [0.3, 0.4) is 0 Å². The van der Waals surface area contributed by atoms with Crippen LogP contribution in [0.1, 0.15) is 39.7 Å². The maximum Gasteiger partial charge on any atom is 0.179 e. The SMILES string of the molecule is CC1CCN(CCS(=O)(=O)c2ccc(C(C)(C)C)cc2)CC1O. The summed E-state index contributed by atoms with van der Waals surface area (Å²) in [4.78, 5) is 2.43. The largest absolute Gasteiger partial charge is 0.392 e. The minimum atomic E-state index is -3.28. The Bertz CT molecular complexity index is 617. The molecule has 0 aliphatic carbocycles. The van der Waals surface area contributed by atoms with Crippen LogP contribution in [0, 0.1) is 5.92 Å². The molecular formula is C18H29NO3S. The number of rotatable bonds is 4. The molecule has 130 valence electrons. The summed E-state index contributed by atoms with van der Waals surface area (Å²) in [6.07, 6.45) is 0.569. The van der Waals surface area contributed by atoms with Crippen molar-refractivity contribution in [3.8, 4) is 0 Å². The highest BCUT2D eigenvalue weighted by molar-refractivity contribution is 7.91. The summed E-state index contributed by atoms with van der Waals surface area (Å²) in [5, 5.41) is 9.91. The minimum Gasteiger partial charge on any atom is -0.392 e. The monoisotopic (exact) mass is 339 g/mol. The molecule has 1 heterocycles. The van der Waals surface area contributed by atoms with Gasteiger partial charge in [0.15, 0.2) is 9.84 Å². The Labute approximate surface area is 140 Å². The quantitative estimate of drug-likeness (QED) is 0.915. The van der Waals surface area contributed by atoms with E-state index in [1.54, 1.807) is 12.1 Å². The Morgan fingerprint density at radius 2 is 1.83 bits per heavy atom. The molecule has 1 aliphatic rings. The van der Waals surface area contributed by atoms with Gasteiger partial charge in [0.2, 0.25) is 0 Å². The van der Waals surface area contributed by atoms with Crippen molar-refractivity contribution in [1.29, 1.82) is 0 Å². The Balaban J connectivity index is 1.99. The van der Waals surface area contributed by atoms with Gasteiger partial charge in [0, 0.05) is 13.1 Å². The van der Waals surface area contributed by atoms with Gasteiger partial charge < -0.3 is 5.11 Å². The van der Waals surface area contributed by atoms with Gasteiger partial charge in [0.1, 0.15) is 0 Å². The molecule has 1 aromatic carbocycles. The summed E-state index contributed by atoms with van der Waals surface area (Å²) in [5.74, 6) is 0.399. The molecule has 5 heteroatoms. The molecule has 1 N–H and O–H groups in total. The zero-order valence-corrected chi connectivity index (χ0v) is 15.4. The molecule has 0 aromatic heterocycles. The lowest BCUT2D eigenvalue weighted by atomic mass is 9.87. The molecule has 2 rings (SSSR count). The maximum atomic E-state index is 12.5. The number of benzene rings is 1. The van der Waals surface area contributed by atoms with E-state index in [4.69, 9.17) is 0 Å². The molecule has 1 aliphatic heterocycles. The maximum absolute atomic E-state index is 12.5. The molecule has 1 saturated heterocycles.